The highest BCUT2D eigenvalue weighted by Gasteiger charge is 2.33. The first-order valence-electron chi connectivity index (χ1n) is 6.30. The molecule has 0 saturated heterocycles. The summed E-state index contributed by atoms with van der Waals surface area (Å²) in [4.78, 5) is 3.47. The van der Waals surface area contributed by atoms with E-state index in [0.717, 1.165) is 18.6 Å². The zero-order valence-corrected chi connectivity index (χ0v) is 10.6. The van der Waals surface area contributed by atoms with Gasteiger partial charge in [0.25, 0.3) is 0 Å². The molecular formula is C13H14F3N3O. The summed E-state index contributed by atoms with van der Waals surface area (Å²) in [5, 5.41) is 21.1. The van der Waals surface area contributed by atoms with E-state index in [2.05, 4.69) is 10.3 Å². The number of aliphatic hydroxyl groups is 1. The van der Waals surface area contributed by atoms with Crippen LogP contribution >= 0.6 is 0 Å². The Labute approximate surface area is 114 Å². The number of nitrogens with one attached hydrogen (secondary N) is 1. The van der Waals surface area contributed by atoms with Crippen molar-refractivity contribution in [2.45, 2.75) is 31.5 Å². The Kier molecular flexibility index (Phi) is 4.14. The number of rotatable bonds is 3. The number of alkyl halides is 3. The number of hydrogen-bond acceptors (Lipinski definition) is 4. The predicted molar refractivity (Wildman–Crippen MR) is 65.8 cm³/mol. The predicted octanol–water partition coefficient (Wildman–Crippen LogP) is 2.54. The number of halogens is 3. The van der Waals surface area contributed by atoms with Crippen LogP contribution in [0.15, 0.2) is 12.1 Å². The summed E-state index contributed by atoms with van der Waals surface area (Å²) in [6.45, 7) is 0.403. The van der Waals surface area contributed by atoms with Crippen LogP contribution in [-0.2, 0) is 6.18 Å². The maximum absolute atomic E-state index is 12.6. The number of aliphatic hydroxyl groups excluding tert-OH is 1. The van der Waals surface area contributed by atoms with Crippen LogP contribution in [0.5, 0.6) is 0 Å². The van der Waals surface area contributed by atoms with E-state index in [-0.39, 0.29) is 23.4 Å². The standard InChI is InChI=1S/C13H14F3N3O/c14-13(15,16)11-4-2-9(6-17)12(19-11)18-7-8-1-3-10(20)5-8/h2,4,8,10,20H,1,3,5,7H2,(H,18,19). The zero-order valence-electron chi connectivity index (χ0n) is 10.6. The van der Waals surface area contributed by atoms with Crippen molar-refractivity contribution in [1.29, 1.82) is 5.26 Å². The number of anilines is 1. The molecule has 0 spiro atoms. The SMILES string of the molecule is N#Cc1ccc(C(F)(F)F)nc1NCC1CCC(O)C1. The first kappa shape index (κ1) is 14.6. The molecule has 2 N–H and O–H groups in total. The molecule has 20 heavy (non-hydrogen) atoms. The molecule has 1 heterocycles. The van der Waals surface area contributed by atoms with Crippen molar-refractivity contribution in [3.63, 3.8) is 0 Å². The van der Waals surface area contributed by atoms with E-state index in [1.807, 2.05) is 6.07 Å². The molecule has 0 aliphatic heterocycles. The molecule has 1 fully saturated rings. The molecule has 2 unspecified atom stereocenters. The van der Waals surface area contributed by atoms with Crippen molar-refractivity contribution in [2.75, 3.05) is 11.9 Å². The summed E-state index contributed by atoms with van der Waals surface area (Å²) in [6.07, 6.45) is -2.74. The number of nitrogens with zero attached hydrogens (tertiary/aromatic N) is 2. The molecule has 0 amide bonds. The number of hydrogen-bond donors (Lipinski definition) is 2. The highest BCUT2D eigenvalue weighted by molar-refractivity contribution is 5.52. The highest BCUT2D eigenvalue weighted by Crippen LogP contribution is 2.30. The van der Waals surface area contributed by atoms with Gasteiger partial charge in [0.2, 0.25) is 0 Å². The Morgan fingerprint density at radius 2 is 2.15 bits per heavy atom. The van der Waals surface area contributed by atoms with E-state index in [9.17, 15) is 18.3 Å². The second-order valence-electron chi connectivity index (χ2n) is 4.92. The lowest BCUT2D eigenvalue weighted by atomic mass is 10.1. The Balaban J connectivity index is 2.11. The first-order valence-corrected chi connectivity index (χ1v) is 6.30. The molecule has 7 heteroatoms. The summed E-state index contributed by atoms with van der Waals surface area (Å²) in [7, 11) is 0. The average molecular weight is 285 g/mol. The van der Waals surface area contributed by atoms with Crippen molar-refractivity contribution in [1.82, 2.24) is 4.98 Å². The fraction of sp³-hybridized carbons (Fsp3) is 0.538. The highest BCUT2D eigenvalue weighted by atomic mass is 19.4. The molecule has 1 aromatic rings. The fourth-order valence-corrected chi connectivity index (χ4v) is 2.32. The summed E-state index contributed by atoms with van der Waals surface area (Å²) < 4.78 is 37.8. The molecule has 1 saturated carbocycles. The van der Waals surface area contributed by atoms with Crippen LogP contribution in [0.3, 0.4) is 0 Å². The van der Waals surface area contributed by atoms with Crippen LogP contribution < -0.4 is 5.32 Å². The van der Waals surface area contributed by atoms with E-state index >= 15 is 0 Å². The molecule has 4 nitrogen and oxygen atoms in total. The summed E-state index contributed by atoms with van der Waals surface area (Å²) in [5.74, 6) is 0.136. The molecule has 0 aromatic carbocycles. The van der Waals surface area contributed by atoms with Gasteiger partial charge in [-0.3, -0.25) is 0 Å². The summed E-state index contributed by atoms with van der Waals surface area (Å²) >= 11 is 0. The lowest BCUT2D eigenvalue weighted by Crippen LogP contribution is -2.16. The zero-order chi connectivity index (χ0) is 14.8. The van der Waals surface area contributed by atoms with E-state index in [4.69, 9.17) is 5.26 Å². The van der Waals surface area contributed by atoms with Crippen molar-refractivity contribution >= 4 is 5.82 Å². The molecule has 1 aliphatic rings. The molecular weight excluding hydrogens is 271 g/mol. The molecule has 108 valence electrons. The molecule has 2 rings (SSSR count). The third-order valence-electron chi connectivity index (χ3n) is 3.38. The quantitative estimate of drug-likeness (QED) is 0.895. The van der Waals surface area contributed by atoms with E-state index in [0.29, 0.717) is 19.4 Å². The van der Waals surface area contributed by atoms with Crippen LogP contribution in [0.25, 0.3) is 0 Å². The third-order valence-corrected chi connectivity index (χ3v) is 3.38. The van der Waals surface area contributed by atoms with E-state index in [1.54, 1.807) is 0 Å². The Morgan fingerprint density at radius 3 is 2.70 bits per heavy atom. The lowest BCUT2D eigenvalue weighted by Gasteiger charge is -2.14. The molecule has 0 radical (unpaired) electrons. The smallest absolute Gasteiger partial charge is 0.393 e. The Morgan fingerprint density at radius 1 is 1.40 bits per heavy atom. The van der Waals surface area contributed by atoms with Gasteiger partial charge in [0.1, 0.15) is 17.6 Å². The van der Waals surface area contributed by atoms with Gasteiger partial charge in [-0.25, -0.2) is 4.98 Å². The van der Waals surface area contributed by atoms with Crippen molar-refractivity contribution in [3.8, 4) is 6.07 Å². The van der Waals surface area contributed by atoms with E-state index in [1.165, 1.54) is 0 Å². The van der Waals surface area contributed by atoms with Crippen molar-refractivity contribution in [3.05, 3.63) is 23.4 Å². The minimum absolute atomic E-state index is 0.0521. The third kappa shape index (κ3) is 3.39. The minimum atomic E-state index is -4.53. The summed E-state index contributed by atoms with van der Waals surface area (Å²) in [5.41, 5.74) is -0.943. The van der Waals surface area contributed by atoms with Gasteiger partial charge in [-0.2, -0.15) is 18.4 Å². The summed E-state index contributed by atoms with van der Waals surface area (Å²) in [6, 6.07) is 3.72. The van der Waals surface area contributed by atoms with Gasteiger partial charge in [0, 0.05) is 6.54 Å². The van der Waals surface area contributed by atoms with Gasteiger partial charge in [0.05, 0.1) is 11.7 Å². The molecule has 1 aliphatic carbocycles. The monoisotopic (exact) mass is 285 g/mol. The largest absolute Gasteiger partial charge is 0.433 e. The van der Waals surface area contributed by atoms with Gasteiger partial charge >= 0.3 is 6.18 Å². The van der Waals surface area contributed by atoms with Gasteiger partial charge < -0.3 is 10.4 Å². The van der Waals surface area contributed by atoms with Crippen LogP contribution in [0.4, 0.5) is 19.0 Å². The van der Waals surface area contributed by atoms with Crippen LogP contribution in [0.2, 0.25) is 0 Å². The topological polar surface area (TPSA) is 68.9 Å². The molecule has 0 bridgehead atoms. The Hall–Kier alpha value is -1.81. The van der Waals surface area contributed by atoms with E-state index < -0.39 is 11.9 Å². The molecule has 1 aromatic heterocycles. The second kappa shape index (κ2) is 5.67. The Bertz CT molecular complexity index is 525. The maximum Gasteiger partial charge on any atom is 0.433 e. The van der Waals surface area contributed by atoms with Gasteiger partial charge in [0.15, 0.2) is 0 Å². The van der Waals surface area contributed by atoms with Crippen LogP contribution in [-0.4, -0.2) is 22.7 Å². The van der Waals surface area contributed by atoms with Gasteiger partial charge in [-0.05, 0) is 37.3 Å². The fourth-order valence-electron chi connectivity index (χ4n) is 2.32. The van der Waals surface area contributed by atoms with Gasteiger partial charge in [-0.1, -0.05) is 0 Å². The van der Waals surface area contributed by atoms with Gasteiger partial charge in [-0.15, -0.1) is 0 Å². The number of pyridine rings is 1. The lowest BCUT2D eigenvalue weighted by molar-refractivity contribution is -0.141. The van der Waals surface area contributed by atoms with Crippen LogP contribution in [0.1, 0.15) is 30.5 Å². The normalized spacial score (nSPS) is 22.6. The molecule has 2 atom stereocenters. The van der Waals surface area contributed by atoms with Crippen LogP contribution in [0, 0.1) is 17.2 Å². The second-order valence-corrected chi connectivity index (χ2v) is 4.92. The first-order chi connectivity index (χ1) is 9.40. The minimum Gasteiger partial charge on any atom is -0.393 e. The number of aromatic nitrogens is 1. The average Bonchev–Trinajstić information content (AvgIpc) is 2.80. The number of nitriles is 1. The maximum atomic E-state index is 12.6. The van der Waals surface area contributed by atoms with Crippen molar-refractivity contribution < 1.29 is 18.3 Å². The van der Waals surface area contributed by atoms with Crippen molar-refractivity contribution in [2.24, 2.45) is 5.92 Å².